The van der Waals surface area contributed by atoms with E-state index in [0.717, 1.165) is 13.0 Å². The summed E-state index contributed by atoms with van der Waals surface area (Å²) in [6, 6.07) is 20.6. The lowest BCUT2D eigenvalue weighted by Crippen LogP contribution is -2.32. The highest BCUT2D eigenvalue weighted by Gasteiger charge is 2.04. The maximum absolute atomic E-state index is 5.89. The van der Waals surface area contributed by atoms with Crippen LogP contribution in [0.15, 0.2) is 65.7 Å². The van der Waals surface area contributed by atoms with E-state index in [-0.39, 0.29) is 0 Å². The van der Waals surface area contributed by atoms with Crippen molar-refractivity contribution >= 4 is 5.96 Å². The number of hydrogen-bond donors (Lipinski definition) is 2. The second kappa shape index (κ2) is 8.10. The van der Waals surface area contributed by atoms with Crippen LogP contribution in [-0.2, 0) is 6.54 Å². The van der Waals surface area contributed by atoms with Gasteiger partial charge >= 0.3 is 0 Å². The Morgan fingerprint density at radius 2 is 1.67 bits per heavy atom. The predicted octanol–water partition coefficient (Wildman–Crippen LogP) is 3.28. The maximum Gasteiger partial charge on any atom is 0.188 e. The quantitative estimate of drug-likeness (QED) is 0.630. The zero-order valence-electron chi connectivity index (χ0n) is 12.5. The van der Waals surface area contributed by atoms with Crippen molar-refractivity contribution in [1.29, 1.82) is 0 Å². The molecule has 2 aromatic carbocycles. The number of nitrogens with zero attached hydrogens (tertiary/aromatic N) is 1. The van der Waals surface area contributed by atoms with Crippen LogP contribution < -0.4 is 11.1 Å². The molecule has 0 saturated heterocycles. The van der Waals surface area contributed by atoms with Crippen molar-refractivity contribution in [2.24, 2.45) is 10.7 Å². The second-order valence-electron chi connectivity index (χ2n) is 5.21. The molecule has 0 aliphatic rings. The van der Waals surface area contributed by atoms with Gasteiger partial charge in [-0.25, -0.2) is 4.99 Å². The number of rotatable bonds is 6. The molecule has 2 rings (SSSR count). The molecule has 0 aliphatic carbocycles. The molecular formula is C18H23N3. The number of benzene rings is 2. The third-order valence-corrected chi connectivity index (χ3v) is 3.53. The van der Waals surface area contributed by atoms with Gasteiger partial charge in [0.2, 0.25) is 0 Å². The Labute approximate surface area is 126 Å². The average molecular weight is 281 g/mol. The molecule has 0 unspecified atom stereocenters. The van der Waals surface area contributed by atoms with Crippen molar-refractivity contribution in [2.45, 2.75) is 25.8 Å². The number of aliphatic imine (C=N–C) groups is 1. The predicted molar refractivity (Wildman–Crippen MR) is 89.2 cm³/mol. The minimum atomic E-state index is 0.513. The highest BCUT2D eigenvalue weighted by molar-refractivity contribution is 5.77. The minimum absolute atomic E-state index is 0.513. The largest absolute Gasteiger partial charge is 0.370 e. The number of guanidine groups is 1. The summed E-state index contributed by atoms with van der Waals surface area (Å²) in [5.74, 6) is 1.03. The van der Waals surface area contributed by atoms with Gasteiger partial charge in [-0.1, -0.05) is 67.6 Å². The zero-order valence-corrected chi connectivity index (χ0v) is 12.5. The molecule has 2 aromatic rings. The molecule has 0 aromatic heterocycles. The summed E-state index contributed by atoms with van der Waals surface area (Å²) >= 11 is 0. The Kier molecular flexibility index (Phi) is 5.83. The lowest BCUT2D eigenvalue weighted by molar-refractivity contribution is 0.659. The van der Waals surface area contributed by atoms with Crippen LogP contribution in [0.1, 0.15) is 30.4 Å². The fraction of sp³-hybridized carbons (Fsp3) is 0.278. The molecule has 0 radical (unpaired) electrons. The van der Waals surface area contributed by atoms with E-state index in [1.165, 1.54) is 11.1 Å². The first kappa shape index (κ1) is 15.1. The Balaban J connectivity index is 1.73. The van der Waals surface area contributed by atoms with Crippen LogP contribution in [0.4, 0.5) is 0 Å². The van der Waals surface area contributed by atoms with Crippen molar-refractivity contribution in [3.8, 4) is 0 Å². The topological polar surface area (TPSA) is 50.4 Å². The molecule has 0 amide bonds. The molecule has 0 saturated carbocycles. The van der Waals surface area contributed by atoms with Gasteiger partial charge in [-0.2, -0.15) is 0 Å². The summed E-state index contributed by atoms with van der Waals surface area (Å²) in [5, 5.41) is 3.18. The maximum atomic E-state index is 5.89. The molecule has 3 nitrogen and oxygen atoms in total. The van der Waals surface area contributed by atoms with Gasteiger partial charge in [0.05, 0.1) is 6.54 Å². The lowest BCUT2D eigenvalue weighted by Gasteiger charge is -2.12. The van der Waals surface area contributed by atoms with E-state index in [2.05, 4.69) is 41.5 Å². The van der Waals surface area contributed by atoms with E-state index in [1.807, 2.05) is 36.4 Å². The van der Waals surface area contributed by atoms with Crippen molar-refractivity contribution in [3.05, 3.63) is 71.8 Å². The SMILES string of the molecule is C[C@@H](CCNC(N)=NCc1ccccc1)c1ccccc1. The highest BCUT2D eigenvalue weighted by atomic mass is 15.1. The van der Waals surface area contributed by atoms with E-state index in [0.29, 0.717) is 18.4 Å². The summed E-state index contributed by atoms with van der Waals surface area (Å²) in [5.41, 5.74) is 8.41. The van der Waals surface area contributed by atoms with Crippen molar-refractivity contribution < 1.29 is 0 Å². The number of hydrogen-bond acceptors (Lipinski definition) is 1. The molecule has 0 bridgehead atoms. The fourth-order valence-corrected chi connectivity index (χ4v) is 2.18. The van der Waals surface area contributed by atoms with Crippen LogP contribution in [0.3, 0.4) is 0 Å². The molecule has 21 heavy (non-hydrogen) atoms. The van der Waals surface area contributed by atoms with Crippen molar-refractivity contribution in [2.75, 3.05) is 6.54 Å². The van der Waals surface area contributed by atoms with Gasteiger partial charge in [-0.15, -0.1) is 0 Å². The monoisotopic (exact) mass is 281 g/mol. The van der Waals surface area contributed by atoms with Gasteiger partial charge in [0.25, 0.3) is 0 Å². The van der Waals surface area contributed by atoms with Crippen LogP contribution >= 0.6 is 0 Å². The van der Waals surface area contributed by atoms with Crippen molar-refractivity contribution in [1.82, 2.24) is 5.32 Å². The van der Waals surface area contributed by atoms with Crippen LogP contribution in [-0.4, -0.2) is 12.5 Å². The third-order valence-electron chi connectivity index (χ3n) is 3.53. The Hall–Kier alpha value is -2.29. The van der Waals surface area contributed by atoms with Gasteiger partial charge in [0.1, 0.15) is 0 Å². The number of nitrogens with one attached hydrogen (secondary N) is 1. The van der Waals surface area contributed by atoms with Gasteiger partial charge in [-0.3, -0.25) is 0 Å². The Morgan fingerprint density at radius 1 is 1.05 bits per heavy atom. The fourth-order valence-electron chi connectivity index (χ4n) is 2.18. The van der Waals surface area contributed by atoms with Crippen molar-refractivity contribution in [3.63, 3.8) is 0 Å². The number of nitrogens with two attached hydrogens (primary N) is 1. The van der Waals surface area contributed by atoms with E-state index >= 15 is 0 Å². The first-order valence-corrected chi connectivity index (χ1v) is 7.38. The summed E-state index contributed by atoms with van der Waals surface area (Å²) in [7, 11) is 0. The van der Waals surface area contributed by atoms with E-state index in [9.17, 15) is 0 Å². The summed E-state index contributed by atoms with van der Waals surface area (Å²) in [6.45, 7) is 3.68. The third kappa shape index (κ3) is 5.30. The Morgan fingerprint density at radius 3 is 2.33 bits per heavy atom. The minimum Gasteiger partial charge on any atom is -0.370 e. The molecule has 3 N–H and O–H groups in total. The standard InChI is InChI=1S/C18H23N3/c1-15(17-10-6-3-7-11-17)12-13-20-18(19)21-14-16-8-4-2-5-9-16/h2-11,15H,12-14H2,1H3,(H3,19,20,21)/t15-/m0/s1. The van der Waals surface area contributed by atoms with Crippen LogP contribution in [0.2, 0.25) is 0 Å². The molecule has 0 aliphatic heterocycles. The molecule has 0 fully saturated rings. The van der Waals surface area contributed by atoms with Crippen LogP contribution in [0.25, 0.3) is 0 Å². The molecule has 1 atom stereocenters. The second-order valence-corrected chi connectivity index (χ2v) is 5.21. The van der Waals surface area contributed by atoms with Crippen LogP contribution in [0, 0.1) is 0 Å². The molecule has 3 heteroatoms. The average Bonchev–Trinajstić information content (AvgIpc) is 2.54. The smallest absolute Gasteiger partial charge is 0.188 e. The highest BCUT2D eigenvalue weighted by Crippen LogP contribution is 2.17. The van der Waals surface area contributed by atoms with E-state index < -0.39 is 0 Å². The van der Waals surface area contributed by atoms with Gasteiger partial charge in [0, 0.05) is 6.54 Å². The molecule has 0 heterocycles. The van der Waals surface area contributed by atoms with E-state index in [1.54, 1.807) is 0 Å². The Bertz CT molecular complexity index is 549. The summed E-state index contributed by atoms with van der Waals surface area (Å²) < 4.78 is 0. The van der Waals surface area contributed by atoms with Gasteiger partial charge in [-0.05, 0) is 23.5 Å². The normalized spacial score (nSPS) is 12.9. The lowest BCUT2D eigenvalue weighted by atomic mass is 9.98. The first-order chi connectivity index (χ1) is 10.3. The van der Waals surface area contributed by atoms with Crippen LogP contribution in [0.5, 0.6) is 0 Å². The molecule has 110 valence electrons. The van der Waals surface area contributed by atoms with Gasteiger partial charge in [0.15, 0.2) is 5.96 Å². The van der Waals surface area contributed by atoms with E-state index in [4.69, 9.17) is 5.73 Å². The molecular weight excluding hydrogens is 258 g/mol. The zero-order chi connectivity index (χ0) is 14.9. The summed E-state index contributed by atoms with van der Waals surface area (Å²) in [6.07, 6.45) is 1.03. The molecule has 0 spiro atoms. The first-order valence-electron chi connectivity index (χ1n) is 7.38. The van der Waals surface area contributed by atoms with Gasteiger partial charge < -0.3 is 11.1 Å². The summed E-state index contributed by atoms with van der Waals surface area (Å²) in [4.78, 5) is 4.35.